The molecule has 0 spiro atoms. The molecular formula is C25H39N7O13P2S. The number of carbonyl (C=O) groups excluding carboxylic acids is 3. The predicted molar refractivity (Wildman–Crippen MR) is 170 cm³/mol. The summed E-state index contributed by atoms with van der Waals surface area (Å²) in [5.74, 6) is -0.877. The number of nitrogen functional groups attached to an aromatic ring is 1. The van der Waals surface area contributed by atoms with Crippen molar-refractivity contribution in [2.75, 3.05) is 37.8 Å². The summed E-state index contributed by atoms with van der Waals surface area (Å²) in [6.45, 7) is 6.37. The SMILES string of the molecule is C=C(C)C(=O)SCCNC(=O)CCNC(=O)C(O)C(C)(C)COP(=O)(O)OP(=O)(O)OC[C@@H]1C[C@@H](O)[C@H](n2cnc3c(N)ncnc32)O1. The summed E-state index contributed by atoms with van der Waals surface area (Å²) >= 11 is 1.01. The Morgan fingerprint density at radius 3 is 2.56 bits per heavy atom. The number of aliphatic hydroxyl groups is 2. The number of phosphoric acid groups is 2. The number of anilines is 1. The van der Waals surface area contributed by atoms with Crippen molar-refractivity contribution in [3.05, 3.63) is 24.8 Å². The van der Waals surface area contributed by atoms with Gasteiger partial charge >= 0.3 is 15.6 Å². The molecule has 3 rings (SSSR count). The van der Waals surface area contributed by atoms with E-state index in [-0.39, 0.29) is 48.0 Å². The van der Waals surface area contributed by atoms with Gasteiger partial charge in [0.2, 0.25) is 16.9 Å². The van der Waals surface area contributed by atoms with E-state index < -0.39 is 70.6 Å². The average molecular weight is 740 g/mol. The van der Waals surface area contributed by atoms with E-state index in [2.05, 4.69) is 36.5 Å². The molecule has 2 amide bonds. The minimum Gasteiger partial charge on any atom is -0.388 e. The molecule has 0 saturated carbocycles. The van der Waals surface area contributed by atoms with Gasteiger partial charge in [-0.1, -0.05) is 32.2 Å². The van der Waals surface area contributed by atoms with Crippen LogP contribution in [-0.2, 0) is 41.6 Å². The minimum absolute atomic E-state index is 0.0613. The monoisotopic (exact) mass is 739 g/mol. The third-order valence-electron chi connectivity index (χ3n) is 6.70. The highest BCUT2D eigenvalue weighted by atomic mass is 32.2. The van der Waals surface area contributed by atoms with Crippen molar-refractivity contribution in [2.45, 2.75) is 58.2 Å². The van der Waals surface area contributed by atoms with E-state index in [0.717, 1.165) is 11.8 Å². The van der Waals surface area contributed by atoms with Gasteiger partial charge in [-0.15, -0.1) is 0 Å². The molecule has 3 heterocycles. The highest BCUT2D eigenvalue weighted by Crippen LogP contribution is 2.61. The number of amides is 2. The van der Waals surface area contributed by atoms with Gasteiger partial charge in [-0.3, -0.25) is 28.0 Å². The van der Waals surface area contributed by atoms with E-state index in [9.17, 15) is 43.5 Å². The molecular weight excluding hydrogens is 700 g/mol. The molecule has 0 aliphatic carbocycles. The number of imidazole rings is 1. The number of nitrogens with one attached hydrogen (secondary N) is 2. The Morgan fingerprint density at radius 1 is 1.19 bits per heavy atom. The van der Waals surface area contributed by atoms with Crippen LogP contribution in [0.3, 0.4) is 0 Å². The molecule has 1 fully saturated rings. The summed E-state index contributed by atoms with van der Waals surface area (Å²) in [5.41, 5.74) is 5.20. The number of hydrogen-bond donors (Lipinski definition) is 7. The van der Waals surface area contributed by atoms with Crippen molar-refractivity contribution in [1.29, 1.82) is 0 Å². The van der Waals surface area contributed by atoms with E-state index in [1.807, 2.05) is 0 Å². The van der Waals surface area contributed by atoms with E-state index >= 15 is 0 Å². The fraction of sp³-hybridized carbons (Fsp3) is 0.600. The predicted octanol–water partition coefficient (Wildman–Crippen LogP) is 0.153. The highest BCUT2D eigenvalue weighted by Gasteiger charge is 2.42. The molecule has 0 radical (unpaired) electrons. The third kappa shape index (κ3) is 11.4. The average Bonchev–Trinajstić information content (AvgIpc) is 3.60. The number of carbonyl (C=O) groups is 3. The first kappa shape index (κ1) is 39.6. The zero-order chi connectivity index (χ0) is 35.9. The van der Waals surface area contributed by atoms with Gasteiger partial charge in [-0.2, -0.15) is 4.31 Å². The van der Waals surface area contributed by atoms with Crippen molar-refractivity contribution in [3.63, 3.8) is 0 Å². The molecule has 1 aliphatic rings. The van der Waals surface area contributed by atoms with Crippen molar-refractivity contribution < 1.29 is 61.6 Å². The maximum atomic E-state index is 12.4. The summed E-state index contributed by atoms with van der Waals surface area (Å²) in [4.78, 5) is 67.9. The molecule has 6 atom stereocenters. The lowest BCUT2D eigenvalue weighted by molar-refractivity contribution is -0.137. The van der Waals surface area contributed by atoms with Crippen molar-refractivity contribution in [2.24, 2.45) is 5.41 Å². The van der Waals surface area contributed by atoms with Gasteiger partial charge in [0.1, 0.15) is 24.1 Å². The number of nitrogens with two attached hydrogens (primary N) is 1. The molecule has 23 heteroatoms. The Kier molecular flexibility index (Phi) is 13.8. The Bertz CT molecular complexity index is 1590. The topological polar surface area (TPSA) is 297 Å². The smallest absolute Gasteiger partial charge is 0.388 e. The standard InChI is InChI=1S/C25H39N7O13P2S/c1-14(2)24(37)48-8-7-27-17(34)5-6-28-22(36)19(35)25(3,4)11-43-47(40,41)45-46(38,39)42-10-15-9-16(33)23(44-15)32-13-31-18-20(26)29-12-30-21(18)32/h12-13,15-16,19,23,33,35H,1,5-11H2,2-4H3,(H,27,34)(H,28,36)(H,38,39)(H,40,41)(H2,26,29,30)/t15-,16+,19?,23+/m0/s1. The largest absolute Gasteiger partial charge is 0.481 e. The molecule has 2 aromatic rings. The maximum absolute atomic E-state index is 12.4. The molecule has 20 nitrogen and oxygen atoms in total. The Labute approximate surface area is 279 Å². The second kappa shape index (κ2) is 16.7. The zero-order valence-corrected chi connectivity index (χ0v) is 28.9. The number of hydrogen-bond acceptors (Lipinski definition) is 16. The first-order valence-corrected chi connectivity index (χ1v) is 18.3. The number of nitrogens with zero attached hydrogens (tertiary/aromatic N) is 4. The van der Waals surface area contributed by atoms with Crippen LogP contribution in [-0.4, -0.2) is 107 Å². The van der Waals surface area contributed by atoms with Gasteiger partial charge in [-0.05, 0) is 12.5 Å². The number of aromatic nitrogens is 4. The van der Waals surface area contributed by atoms with Gasteiger partial charge in [-0.25, -0.2) is 24.1 Å². The Hall–Kier alpha value is -2.81. The second-order valence-corrected chi connectivity index (χ2v) is 15.4. The normalized spacial score (nSPS) is 21.3. The Balaban J connectivity index is 1.41. The zero-order valence-electron chi connectivity index (χ0n) is 26.3. The van der Waals surface area contributed by atoms with Crippen LogP contribution in [0.4, 0.5) is 5.82 Å². The van der Waals surface area contributed by atoms with Crippen LogP contribution in [0.15, 0.2) is 24.8 Å². The van der Waals surface area contributed by atoms with Gasteiger partial charge in [0.05, 0.1) is 25.6 Å². The van der Waals surface area contributed by atoms with Crippen molar-refractivity contribution in [1.82, 2.24) is 30.2 Å². The number of thioether (sulfide) groups is 1. The molecule has 0 bridgehead atoms. The lowest BCUT2D eigenvalue weighted by atomic mass is 9.87. The number of rotatable bonds is 18. The van der Waals surface area contributed by atoms with Gasteiger partial charge in [0.15, 0.2) is 17.7 Å². The van der Waals surface area contributed by atoms with E-state index in [4.69, 9.17) is 19.5 Å². The molecule has 0 aromatic carbocycles. The minimum atomic E-state index is -5.29. The van der Waals surface area contributed by atoms with Crippen LogP contribution in [0.1, 0.15) is 39.8 Å². The van der Waals surface area contributed by atoms with E-state index in [1.165, 1.54) is 31.1 Å². The molecule has 3 unspecified atom stereocenters. The first-order valence-electron chi connectivity index (χ1n) is 14.3. The number of ether oxygens (including phenoxy) is 1. The molecule has 8 N–H and O–H groups in total. The van der Waals surface area contributed by atoms with Crippen molar-refractivity contribution in [3.8, 4) is 0 Å². The maximum Gasteiger partial charge on any atom is 0.481 e. The first-order chi connectivity index (χ1) is 22.3. The van der Waals surface area contributed by atoms with Crippen LogP contribution in [0.25, 0.3) is 11.2 Å². The quantitative estimate of drug-likeness (QED) is 0.0608. The van der Waals surface area contributed by atoms with Crippen molar-refractivity contribution >= 4 is 61.3 Å². The van der Waals surface area contributed by atoms with Crippen LogP contribution >= 0.6 is 27.4 Å². The fourth-order valence-electron chi connectivity index (χ4n) is 4.12. The summed E-state index contributed by atoms with van der Waals surface area (Å²) in [5, 5.41) is 25.7. The number of phosphoric ester groups is 2. The van der Waals surface area contributed by atoms with E-state index in [0.29, 0.717) is 11.3 Å². The summed E-state index contributed by atoms with van der Waals surface area (Å²) < 4.78 is 45.9. The molecule has 1 saturated heterocycles. The van der Waals surface area contributed by atoms with Crippen LogP contribution in [0, 0.1) is 5.41 Å². The number of fused-ring (bicyclic) bond motifs is 1. The third-order valence-corrected chi connectivity index (χ3v) is 10.3. The van der Waals surface area contributed by atoms with Gasteiger partial charge < -0.3 is 41.1 Å². The summed E-state index contributed by atoms with van der Waals surface area (Å²) in [7, 11) is -10.5. The molecule has 268 valence electrons. The van der Waals surface area contributed by atoms with Crippen LogP contribution in [0.2, 0.25) is 0 Å². The molecule has 48 heavy (non-hydrogen) atoms. The Morgan fingerprint density at radius 2 is 1.88 bits per heavy atom. The summed E-state index contributed by atoms with van der Waals surface area (Å²) in [6, 6.07) is 0. The van der Waals surface area contributed by atoms with Crippen LogP contribution in [0.5, 0.6) is 0 Å². The molecule has 1 aliphatic heterocycles. The molecule has 2 aromatic heterocycles. The number of aliphatic hydroxyl groups excluding tert-OH is 2. The second-order valence-electron chi connectivity index (χ2n) is 11.3. The van der Waals surface area contributed by atoms with Gasteiger partial charge in [0.25, 0.3) is 0 Å². The fourth-order valence-corrected chi connectivity index (χ4v) is 7.03. The lowest BCUT2D eigenvalue weighted by Crippen LogP contribution is -2.46. The lowest BCUT2D eigenvalue weighted by Gasteiger charge is -2.30. The van der Waals surface area contributed by atoms with Crippen LogP contribution < -0.4 is 16.4 Å². The summed E-state index contributed by atoms with van der Waals surface area (Å²) in [6.07, 6.45) is -2.54. The highest BCUT2D eigenvalue weighted by molar-refractivity contribution is 8.14. The van der Waals surface area contributed by atoms with E-state index in [1.54, 1.807) is 6.92 Å². The van der Waals surface area contributed by atoms with Gasteiger partial charge in [0, 0.05) is 37.1 Å².